The maximum Gasteiger partial charge on any atom is 0.225 e. The first-order chi connectivity index (χ1) is 8.54. The van der Waals surface area contributed by atoms with Crippen molar-refractivity contribution in [3.05, 3.63) is 29.6 Å². The van der Waals surface area contributed by atoms with E-state index in [1.54, 1.807) is 30.3 Å². The van der Waals surface area contributed by atoms with Crippen molar-refractivity contribution in [3.8, 4) is 6.07 Å². The van der Waals surface area contributed by atoms with E-state index in [1.165, 1.54) is 0 Å². The predicted octanol–water partition coefficient (Wildman–Crippen LogP) is 2.59. The van der Waals surface area contributed by atoms with Gasteiger partial charge in [-0.2, -0.15) is 5.26 Å². The average molecular weight is 247 g/mol. The number of nitrogens with zero attached hydrogens (tertiary/aromatic N) is 3. The highest BCUT2D eigenvalue weighted by Gasteiger charge is 2.13. The van der Waals surface area contributed by atoms with Crippen molar-refractivity contribution in [2.75, 3.05) is 7.05 Å². The van der Waals surface area contributed by atoms with Gasteiger partial charge in [0.2, 0.25) is 5.91 Å². The molecule has 0 saturated carbocycles. The lowest BCUT2D eigenvalue weighted by molar-refractivity contribution is -0.133. The monoisotopic (exact) mass is 247 g/mol. The second-order valence-corrected chi connectivity index (χ2v) is 4.00. The molecule has 0 fully saturated rings. The lowest BCUT2D eigenvalue weighted by Gasteiger charge is -2.18. The maximum absolute atomic E-state index is 11.6. The Balaban J connectivity index is 0.00000137. The standard InChI is InChI=1S/C12H15N3O.C2H6/c1-9(2)12(16)15(3)8-11-6-10(7-13)4-5-14-11;1-2/h4-6,9H,8H2,1-3H3;1-2H3. The third-order valence-corrected chi connectivity index (χ3v) is 2.21. The van der Waals surface area contributed by atoms with Gasteiger partial charge in [0.05, 0.1) is 23.9 Å². The first-order valence-corrected chi connectivity index (χ1v) is 6.14. The molecule has 1 amide bonds. The summed E-state index contributed by atoms with van der Waals surface area (Å²) >= 11 is 0. The van der Waals surface area contributed by atoms with Gasteiger partial charge in [-0.05, 0) is 12.1 Å². The highest BCUT2D eigenvalue weighted by molar-refractivity contribution is 5.77. The summed E-state index contributed by atoms with van der Waals surface area (Å²) in [6, 6.07) is 5.39. The van der Waals surface area contributed by atoms with Gasteiger partial charge in [-0.15, -0.1) is 0 Å². The van der Waals surface area contributed by atoms with Crippen LogP contribution in [-0.2, 0) is 11.3 Å². The van der Waals surface area contributed by atoms with E-state index < -0.39 is 0 Å². The van der Waals surface area contributed by atoms with E-state index in [0.717, 1.165) is 5.69 Å². The van der Waals surface area contributed by atoms with Gasteiger partial charge >= 0.3 is 0 Å². The zero-order valence-electron chi connectivity index (χ0n) is 11.8. The van der Waals surface area contributed by atoms with E-state index in [0.29, 0.717) is 12.1 Å². The van der Waals surface area contributed by atoms with Gasteiger partial charge in [-0.25, -0.2) is 0 Å². The van der Waals surface area contributed by atoms with Crippen LogP contribution in [0.1, 0.15) is 39.0 Å². The van der Waals surface area contributed by atoms with E-state index in [2.05, 4.69) is 4.98 Å². The largest absolute Gasteiger partial charge is 0.340 e. The van der Waals surface area contributed by atoms with Crippen molar-refractivity contribution in [3.63, 3.8) is 0 Å². The number of nitriles is 1. The summed E-state index contributed by atoms with van der Waals surface area (Å²) < 4.78 is 0. The summed E-state index contributed by atoms with van der Waals surface area (Å²) in [5.41, 5.74) is 1.30. The maximum atomic E-state index is 11.6. The molecule has 1 heterocycles. The van der Waals surface area contributed by atoms with E-state index in [1.807, 2.05) is 33.8 Å². The minimum atomic E-state index is -0.0239. The van der Waals surface area contributed by atoms with Crippen LogP contribution in [0.15, 0.2) is 18.3 Å². The van der Waals surface area contributed by atoms with Crippen LogP contribution in [0.5, 0.6) is 0 Å². The highest BCUT2D eigenvalue weighted by atomic mass is 16.2. The van der Waals surface area contributed by atoms with Crippen LogP contribution in [0.25, 0.3) is 0 Å². The van der Waals surface area contributed by atoms with Crippen molar-refractivity contribution < 1.29 is 4.79 Å². The molecule has 0 aliphatic carbocycles. The van der Waals surface area contributed by atoms with Crippen LogP contribution in [0.3, 0.4) is 0 Å². The quantitative estimate of drug-likeness (QED) is 0.825. The Morgan fingerprint density at radius 1 is 1.50 bits per heavy atom. The molecule has 0 aliphatic heterocycles. The van der Waals surface area contributed by atoms with E-state index in [9.17, 15) is 4.79 Å². The number of hydrogen-bond donors (Lipinski definition) is 0. The lowest BCUT2D eigenvalue weighted by Crippen LogP contribution is -2.30. The zero-order chi connectivity index (χ0) is 14.1. The number of aromatic nitrogens is 1. The van der Waals surface area contributed by atoms with Gasteiger partial charge in [-0.3, -0.25) is 9.78 Å². The third kappa shape index (κ3) is 4.96. The van der Waals surface area contributed by atoms with E-state index in [4.69, 9.17) is 5.26 Å². The van der Waals surface area contributed by atoms with E-state index in [-0.39, 0.29) is 11.8 Å². The fraction of sp³-hybridized carbons (Fsp3) is 0.500. The SMILES string of the molecule is CC.CC(C)C(=O)N(C)Cc1cc(C#N)ccn1. The molecule has 1 aromatic heterocycles. The van der Waals surface area contributed by atoms with Crippen LogP contribution in [0.4, 0.5) is 0 Å². The first kappa shape index (κ1) is 16.1. The second-order valence-electron chi connectivity index (χ2n) is 4.00. The van der Waals surface area contributed by atoms with Crippen molar-refractivity contribution in [2.45, 2.75) is 34.2 Å². The van der Waals surface area contributed by atoms with Crippen LogP contribution >= 0.6 is 0 Å². The van der Waals surface area contributed by atoms with E-state index >= 15 is 0 Å². The first-order valence-electron chi connectivity index (χ1n) is 6.14. The topological polar surface area (TPSA) is 57.0 Å². The molecule has 18 heavy (non-hydrogen) atoms. The van der Waals surface area contributed by atoms with Crippen LogP contribution < -0.4 is 0 Å². The van der Waals surface area contributed by atoms with Gasteiger partial charge in [0.15, 0.2) is 0 Å². The Labute approximate surface area is 109 Å². The molecule has 0 saturated heterocycles. The molecule has 0 spiro atoms. The molecule has 1 rings (SSSR count). The molecule has 0 aromatic carbocycles. The summed E-state index contributed by atoms with van der Waals surface area (Å²) in [5, 5.41) is 8.74. The molecule has 4 heteroatoms. The molecule has 0 bridgehead atoms. The van der Waals surface area contributed by atoms with Crippen molar-refractivity contribution in [1.82, 2.24) is 9.88 Å². The number of carbonyl (C=O) groups excluding carboxylic acids is 1. The molecule has 0 unspecified atom stereocenters. The number of carbonyl (C=O) groups is 1. The second kappa shape index (κ2) is 8.24. The Morgan fingerprint density at radius 2 is 2.11 bits per heavy atom. The third-order valence-electron chi connectivity index (χ3n) is 2.21. The fourth-order valence-corrected chi connectivity index (χ4v) is 1.40. The molecular weight excluding hydrogens is 226 g/mol. The average Bonchev–Trinajstić information content (AvgIpc) is 2.40. The normalized spacial score (nSPS) is 9.17. The van der Waals surface area contributed by atoms with Crippen LogP contribution in [0.2, 0.25) is 0 Å². The number of pyridine rings is 1. The van der Waals surface area contributed by atoms with Crippen molar-refractivity contribution in [2.24, 2.45) is 5.92 Å². The molecular formula is C14H21N3O. The number of rotatable bonds is 3. The van der Waals surface area contributed by atoms with Gasteiger partial charge in [0.1, 0.15) is 0 Å². The number of amides is 1. The molecule has 4 nitrogen and oxygen atoms in total. The molecule has 0 aliphatic rings. The lowest BCUT2D eigenvalue weighted by atomic mass is 10.2. The Morgan fingerprint density at radius 3 is 2.61 bits per heavy atom. The summed E-state index contributed by atoms with van der Waals surface area (Å²) in [6.07, 6.45) is 1.58. The molecule has 0 N–H and O–H groups in total. The van der Waals surface area contributed by atoms with Crippen LogP contribution in [0, 0.1) is 17.2 Å². The van der Waals surface area contributed by atoms with Gasteiger partial charge in [0.25, 0.3) is 0 Å². The summed E-state index contributed by atoms with van der Waals surface area (Å²) in [6.45, 7) is 8.16. The predicted molar refractivity (Wildman–Crippen MR) is 71.6 cm³/mol. The number of hydrogen-bond acceptors (Lipinski definition) is 3. The Hall–Kier alpha value is -1.89. The summed E-state index contributed by atoms with van der Waals surface area (Å²) in [5.74, 6) is 0.0494. The molecule has 98 valence electrons. The van der Waals surface area contributed by atoms with Crippen molar-refractivity contribution in [1.29, 1.82) is 5.26 Å². The summed E-state index contributed by atoms with van der Waals surface area (Å²) in [7, 11) is 1.74. The zero-order valence-corrected chi connectivity index (χ0v) is 11.8. The fourth-order valence-electron chi connectivity index (χ4n) is 1.40. The smallest absolute Gasteiger partial charge is 0.225 e. The molecule has 0 atom stereocenters. The Bertz CT molecular complexity index is 421. The minimum absolute atomic E-state index is 0.0239. The summed E-state index contributed by atoms with van der Waals surface area (Å²) in [4.78, 5) is 17.4. The van der Waals surface area contributed by atoms with Crippen molar-refractivity contribution >= 4 is 5.91 Å². The van der Waals surface area contributed by atoms with Gasteiger partial charge in [-0.1, -0.05) is 27.7 Å². The molecule has 1 aromatic rings. The molecule has 0 radical (unpaired) electrons. The van der Waals surface area contributed by atoms with Crippen LogP contribution in [-0.4, -0.2) is 22.8 Å². The Kier molecular flexibility index (Phi) is 7.37. The van der Waals surface area contributed by atoms with Gasteiger partial charge < -0.3 is 4.90 Å². The minimum Gasteiger partial charge on any atom is -0.340 e. The van der Waals surface area contributed by atoms with Gasteiger partial charge in [0, 0.05) is 19.2 Å². The highest BCUT2D eigenvalue weighted by Crippen LogP contribution is 2.06.